The van der Waals surface area contributed by atoms with Crippen LogP contribution in [0, 0.1) is 5.82 Å². The summed E-state index contributed by atoms with van der Waals surface area (Å²) in [5, 5.41) is 9.38. The van der Waals surface area contributed by atoms with Gasteiger partial charge in [-0.3, -0.25) is 4.79 Å². The average molecular weight is 479 g/mol. The summed E-state index contributed by atoms with van der Waals surface area (Å²) < 4.78 is 35.8. The third-order valence-electron chi connectivity index (χ3n) is 5.31. The highest BCUT2D eigenvalue weighted by Gasteiger charge is 2.13. The van der Waals surface area contributed by atoms with Crippen molar-refractivity contribution in [3.63, 3.8) is 0 Å². The lowest BCUT2D eigenvalue weighted by atomic mass is 10.0. The van der Waals surface area contributed by atoms with Crippen molar-refractivity contribution in [2.24, 2.45) is 0 Å². The van der Waals surface area contributed by atoms with Crippen molar-refractivity contribution < 1.29 is 33.2 Å². The zero-order valence-electron chi connectivity index (χ0n) is 20.0. The van der Waals surface area contributed by atoms with Gasteiger partial charge in [-0.15, -0.1) is 0 Å². The van der Waals surface area contributed by atoms with Crippen LogP contribution in [0.3, 0.4) is 0 Å². The first-order valence-electron chi connectivity index (χ1n) is 10.7. The maximum atomic E-state index is 14.5. The van der Waals surface area contributed by atoms with Crippen molar-refractivity contribution >= 4 is 17.9 Å². The van der Waals surface area contributed by atoms with Crippen LogP contribution in [-0.4, -0.2) is 39.3 Å². The van der Waals surface area contributed by atoms with Crippen molar-refractivity contribution in [2.45, 2.75) is 6.42 Å². The average Bonchev–Trinajstić information content (AvgIpc) is 2.87. The predicted molar refractivity (Wildman–Crippen MR) is 133 cm³/mol. The van der Waals surface area contributed by atoms with Crippen LogP contribution in [0.4, 0.5) is 4.39 Å². The second-order valence-electron chi connectivity index (χ2n) is 7.50. The molecule has 0 radical (unpaired) electrons. The molecule has 0 spiro atoms. The van der Waals surface area contributed by atoms with Gasteiger partial charge in [0, 0.05) is 5.56 Å². The van der Waals surface area contributed by atoms with Gasteiger partial charge in [-0.05, 0) is 77.7 Å². The highest BCUT2D eigenvalue weighted by molar-refractivity contribution is 6.04. The molecule has 3 aromatic rings. The van der Waals surface area contributed by atoms with Crippen LogP contribution in [0.5, 0.6) is 28.7 Å². The number of phenols is 1. The van der Waals surface area contributed by atoms with Crippen molar-refractivity contribution in [3.05, 3.63) is 88.8 Å². The fourth-order valence-corrected chi connectivity index (χ4v) is 3.50. The standard InChI is InChI=1S/C28H27FO6/c1-32-25-17-20(6-5-7-24(31)19-10-12-22(30)13-11-19)21(16-23(25)29)9-8-18-14-26(33-2)28(35-4)27(15-18)34-3/h5,7-17,30H,6H2,1-4H3/b7-5-,9-8-. The van der Waals surface area contributed by atoms with Gasteiger partial charge in [0.1, 0.15) is 5.75 Å². The minimum Gasteiger partial charge on any atom is -0.508 e. The molecule has 0 aliphatic carbocycles. The van der Waals surface area contributed by atoms with Crippen molar-refractivity contribution in [1.82, 2.24) is 0 Å². The van der Waals surface area contributed by atoms with Crippen LogP contribution in [0.25, 0.3) is 12.2 Å². The molecule has 0 saturated heterocycles. The molecule has 0 aromatic heterocycles. The van der Waals surface area contributed by atoms with E-state index in [4.69, 9.17) is 18.9 Å². The molecule has 0 amide bonds. The van der Waals surface area contributed by atoms with Gasteiger partial charge in [-0.25, -0.2) is 4.39 Å². The molecule has 182 valence electrons. The molecule has 6 nitrogen and oxygen atoms in total. The zero-order valence-corrected chi connectivity index (χ0v) is 20.0. The summed E-state index contributed by atoms with van der Waals surface area (Å²) in [5.74, 6) is 0.993. The number of rotatable bonds is 10. The third-order valence-corrected chi connectivity index (χ3v) is 5.31. The summed E-state index contributed by atoms with van der Waals surface area (Å²) in [5.41, 5.74) is 2.61. The van der Waals surface area contributed by atoms with Crippen LogP contribution >= 0.6 is 0 Å². The molecule has 1 N–H and O–H groups in total. The van der Waals surface area contributed by atoms with Crippen molar-refractivity contribution in [3.8, 4) is 28.7 Å². The Balaban J connectivity index is 1.90. The second-order valence-corrected chi connectivity index (χ2v) is 7.50. The molecular formula is C28H27FO6. The monoisotopic (exact) mass is 478 g/mol. The Labute approximate surface area is 203 Å². The van der Waals surface area contributed by atoms with Gasteiger partial charge in [0.2, 0.25) is 5.75 Å². The van der Waals surface area contributed by atoms with Gasteiger partial charge < -0.3 is 24.1 Å². The molecule has 0 saturated carbocycles. The molecule has 0 fully saturated rings. The van der Waals surface area contributed by atoms with E-state index in [-0.39, 0.29) is 17.3 Å². The van der Waals surface area contributed by atoms with E-state index in [0.717, 1.165) is 11.1 Å². The molecule has 0 unspecified atom stereocenters. The fourth-order valence-electron chi connectivity index (χ4n) is 3.50. The largest absolute Gasteiger partial charge is 0.508 e. The number of ketones is 1. The quantitative estimate of drug-likeness (QED) is 0.228. The first kappa shape index (κ1) is 25.4. The second kappa shape index (κ2) is 11.7. The number of methoxy groups -OCH3 is 4. The number of carbonyl (C=O) groups is 1. The fraction of sp³-hybridized carbons (Fsp3) is 0.179. The molecule has 35 heavy (non-hydrogen) atoms. The van der Waals surface area contributed by atoms with Crippen molar-refractivity contribution in [1.29, 1.82) is 0 Å². The Morgan fingerprint density at radius 1 is 0.857 bits per heavy atom. The number of phenolic OH excluding ortho intramolecular Hbond substituents is 1. The van der Waals surface area contributed by atoms with Crippen LogP contribution in [0.1, 0.15) is 27.0 Å². The number of allylic oxidation sites excluding steroid dienone is 2. The Bertz CT molecular complexity index is 1220. The molecule has 0 bridgehead atoms. The normalized spacial score (nSPS) is 11.1. The van der Waals surface area contributed by atoms with Crippen molar-refractivity contribution in [2.75, 3.05) is 28.4 Å². The summed E-state index contributed by atoms with van der Waals surface area (Å²) in [7, 11) is 6.00. The van der Waals surface area contributed by atoms with Crippen LogP contribution in [-0.2, 0) is 6.42 Å². The SMILES string of the molecule is COc1cc(C/C=C\C(=O)c2ccc(O)cc2)c(/C=C\c2cc(OC)c(OC)c(OC)c2)cc1F. The lowest BCUT2D eigenvalue weighted by Gasteiger charge is -2.13. The number of halogens is 1. The summed E-state index contributed by atoms with van der Waals surface area (Å²) in [6.45, 7) is 0. The highest BCUT2D eigenvalue weighted by atomic mass is 19.1. The van der Waals surface area contributed by atoms with Crippen LogP contribution in [0.2, 0.25) is 0 Å². The molecule has 3 aromatic carbocycles. The summed E-state index contributed by atoms with van der Waals surface area (Å²) in [6, 6.07) is 12.6. The number of hydrogen-bond acceptors (Lipinski definition) is 6. The van der Waals surface area contributed by atoms with Gasteiger partial charge in [0.25, 0.3) is 0 Å². The maximum absolute atomic E-state index is 14.5. The Kier molecular flexibility index (Phi) is 8.51. The van der Waals surface area contributed by atoms with E-state index < -0.39 is 5.82 Å². The first-order valence-corrected chi connectivity index (χ1v) is 10.7. The summed E-state index contributed by atoms with van der Waals surface area (Å²) in [4.78, 5) is 12.4. The van der Waals surface area contributed by atoms with Crippen LogP contribution < -0.4 is 18.9 Å². The number of ether oxygens (including phenoxy) is 4. The van der Waals surface area contributed by atoms with Crippen LogP contribution in [0.15, 0.2) is 60.7 Å². The predicted octanol–water partition coefficient (Wildman–Crippen LogP) is 5.72. The number of aromatic hydroxyl groups is 1. The third kappa shape index (κ3) is 6.20. The molecule has 0 atom stereocenters. The van der Waals surface area contributed by atoms with Gasteiger partial charge in [0.05, 0.1) is 28.4 Å². The zero-order chi connectivity index (χ0) is 25.4. The molecule has 0 aliphatic rings. The molecule has 3 rings (SSSR count). The lowest BCUT2D eigenvalue weighted by Crippen LogP contribution is -1.97. The smallest absolute Gasteiger partial charge is 0.203 e. The van der Waals surface area contributed by atoms with E-state index in [2.05, 4.69) is 0 Å². The molecule has 0 heterocycles. The Hall–Kier alpha value is -4.26. The molecule has 0 aliphatic heterocycles. The molecule has 7 heteroatoms. The lowest BCUT2D eigenvalue weighted by molar-refractivity contribution is 0.104. The Morgan fingerprint density at radius 2 is 1.49 bits per heavy atom. The van der Waals surface area contributed by atoms with E-state index >= 15 is 0 Å². The minimum atomic E-state index is -0.495. The number of hydrogen-bond donors (Lipinski definition) is 1. The van der Waals surface area contributed by atoms with E-state index in [0.29, 0.717) is 34.8 Å². The van der Waals surface area contributed by atoms with E-state index in [1.165, 1.54) is 52.7 Å². The van der Waals surface area contributed by atoms with Gasteiger partial charge in [0.15, 0.2) is 28.8 Å². The summed E-state index contributed by atoms with van der Waals surface area (Å²) >= 11 is 0. The highest BCUT2D eigenvalue weighted by Crippen LogP contribution is 2.38. The topological polar surface area (TPSA) is 74.2 Å². The number of benzene rings is 3. The van der Waals surface area contributed by atoms with Gasteiger partial charge >= 0.3 is 0 Å². The first-order chi connectivity index (χ1) is 16.9. The minimum absolute atomic E-state index is 0.0902. The molecular weight excluding hydrogens is 451 g/mol. The van der Waals surface area contributed by atoms with Gasteiger partial charge in [-0.1, -0.05) is 18.2 Å². The van der Waals surface area contributed by atoms with E-state index in [9.17, 15) is 14.3 Å². The van der Waals surface area contributed by atoms with E-state index in [1.807, 2.05) is 0 Å². The number of carbonyl (C=O) groups excluding carboxylic acids is 1. The van der Waals surface area contributed by atoms with Gasteiger partial charge in [-0.2, -0.15) is 0 Å². The summed E-state index contributed by atoms with van der Waals surface area (Å²) in [6.07, 6.45) is 7.11. The Morgan fingerprint density at radius 3 is 2.06 bits per heavy atom. The van der Waals surface area contributed by atoms with E-state index in [1.54, 1.807) is 48.6 Å². The maximum Gasteiger partial charge on any atom is 0.203 e.